The van der Waals surface area contributed by atoms with E-state index in [-0.39, 0.29) is 0 Å². The third-order valence-electron chi connectivity index (χ3n) is 3.44. The molecule has 1 N–H and O–H groups in total. The van der Waals surface area contributed by atoms with E-state index in [1.807, 2.05) is 10.9 Å². The smallest absolute Gasteiger partial charge is 0.0537 e. The Morgan fingerprint density at radius 1 is 1.24 bits per heavy atom. The topological polar surface area (TPSA) is 29.9 Å². The summed E-state index contributed by atoms with van der Waals surface area (Å²) < 4.78 is 2.01. The van der Waals surface area contributed by atoms with Crippen LogP contribution in [0, 0.1) is 5.92 Å². The Labute approximate surface area is 106 Å². The lowest BCUT2D eigenvalue weighted by atomic mass is 9.87. The molecule has 0 amide bonds. The number of aryl methyl sites for hydroxylation is 1. The van der Waals surface area contributed by atoms with E-state index >= 15 is 0 Å². The van der Waals surface area contributed by atoms with Crippen molar-refractivity contribution in [2.24, 2.45) is 5.92 Å². The minimum Gasteiger partial charge on any atom is -0.313 e. The van der Waals surface area contributed by atoms with Gasteiger partial charge in [-0.1, -0.05) is 26.7 Å². The first-order valence-corrected chi connectivity index (χ1v) is 6.96. The Morgan fingerprint density at radius 3 is 2.29 bits per heavy atom. The van der Waals surface area contributed by atoms with Crippen molar-refractivity contribution in [2.45, 2.75) is 59.0 Å². The average Bonchev–Trinajstić information content (AvgIpc) is 2.79. The maximum atomic E-state index is 4.38. The van der Waals surface area contributed by atoms with Crippen LogP contribution < -0.4 is 5.32 Å². The highest BCUT2D eigenvalue weighted by atomic mass is 15.3. The van der Waals surface area contributed by atoms with Gasteiger partial charge in [0.15, 0.2) is 0 Å². The molecule has 3 nitrogen and oxygen atoms in total. The molecule has 3 heteroatoms. The van der Waals surface area contributed by atoms with Crippen molar-refractivity contribution in [3.8, 4) is 0 Å². The summed E-state index contributed by atoms with van der Waals surface area (Å²) in [6.45, 7) is 7.61. The molecule has 1 rings (SSSR count). The third kappa shape index (κ3) is 3.84. The van der Waals surface area contributed by atoms with Gasteiger partial charge >= 0.3 is 0 Å². The fourth-order valence-corrected chi connectivity index (χ4v) is 2.61. The zero-order valence-electron chi connectivity index (χ0n) is 11.7. The summed E-state index contributed by atoms with van der Waals surface area (Å²) in [7, 11) is 2.06. The van der Waals surface area contributed by atoms with Gasteiger partial charge in [0.1, 0.15) is 0 Å². The lowest BCUT2D eigenvalue weighted by molar-refractivity contribution is 0.331. The highest BCUT2D eigenvalue weighted by molar-refractivity contribution is 5.11. The van der Waals surface area contributed by atoms with Gasteiger partial charge in [0.25, 0.3) is 0 Å². The monoisotopic (exact) mass is 237 g/mol. The first-order chi connectivity index (χ1) is 8.26. The van der Waals surface area contributed by atoms with Gasteiger partial charge in [0.2, 0.25) is 0 Å². The second-order valence-electron chi connectivity index (χ2n) is 4.73. The van der Waals surface area contributed by atoms with Gasteiger partial charge in [0, 0.05) is 24.3 Å². The molecule has 0 aliphatic carbocycles. The summed E-state index contributed by atoms with van der Waals surface area (Å²) in [6.07, 6.45) is 9.28. The molecular weight excluding hydrogens is 210 g/mol. The van der Waals surface area contributed by atoms with Crippen molar-refractivity contribution >= 4 is 0 Å². The van der Waals surface area contributed by atoms with Crippen LogP contribution in [0.1, 0.15) is 58.1 Å². The second-order valence-corrected chi connectivity index (χ2v) is 4.73. The van der Waals surface area contributed by atoms with Crippen molar-refractivity contribution in [3.63, 3.8) is 0 Å². The highest BCUT2D eigenvalue weighted by Crippen LogP contribution is 2.29. The van der Waals surface area contributed by atoms with Crippen molar-refractivity contribution in [2.75, 3.05) is 7.05 Å². The van der Waals surface area contributed by atoms with Gasteiger partial charge in [-0.05, 0) is 32.7 Å². The third-order valence-corrected chi connectivity index (χ3v) is 3.44. The van der Waals surface area contributed by atoms with Crippen LogP contribution in [0.15, 0.2) is 12.4 Å². The standard InChI is InChI=1S/C14H27N3/c1-5-8-12(9-6-2)14(15-4)13-10-16-17(7-3)11-13/h10-12,14-15H,5-9H2,1-4H3. The van der Waals surface area contributed by atoms with Crippen LogP contribution in [0.4, 0.5) is 0 Å². The summed E-state index contributed by atoms with van der Waals surface area (Å²) in [5.41, 5.74) is 1.33. The van der Waals surface area contributed by atoms with Gasteiger partial charge in [-0.3, -0.25) is 4.68 Å². The van der Waals surface area contributed by atoms with E-state index in [1.165, 1.54) is 31.2 Å². The Kier molecular flexibility index (Phi) is 6.27. The maximum Gasteiger partial charge on any atom is 0.0537 e. The number of hydrogen-bond acceptors (Lipinski definition) is 2. The highest BCUT2D eigenvalue weighted by Gasteiger charge is 2.21. The van der Waals surface area contributed by atoms with E-state index in [0.717, 1.165) is 12.5 Å². The summed E-state index contributed by atoms with van der Waals surface area (Å²) >= 11 is 0. The fourth-order valence-electron chi connectivity index (χ4n) is 2.61. The number of nitrogens with one attached hydrogen (secondary N) is 1. The summed E-state index contributed by atoms with van der Waals surface area (Å²) in [5.74, 6) is 0.726. The van der Waals surface area contributed by atoms with Crippen LogP contribution in [0.2, 0.25) is 0 Å². The van der Waals surface area contributed by atoms with Gasteiger partial charge in [0.05, 0.1) is 6.20 Å². The van der Waals surface area contributed by atoms with Crippen molar-refractivity contribution in [3.05, 3.63) is 18.0 Å². The normalized spacial score (nSPS) is 13.2. The SMILES string of the molecule is CCCC(CCC)C(NC)c1cnn(CC)c1. The molecule has 98 valence electrons. The largest absolute Gasteiger partial charge is 0.313 e. The first kappa shape index (κ1) is 14.2. The van der Waals surface area contributed by atoms with E-state index in [9.17, 15) is 0 Å². The van der Waals surface area contributed by atoms with Crippen LogP contribution in [0.3, 0.4) is 0 Å². The van der Waals surface area contributed by atoms with Crippen LogP contribution in [-0.2, 0) is 6.54 Å². The Bertz CT molecular complexity index is 300. The van der Waals surface area contributed by atoms with Crippen LogP contribution in [0.5, 0.6) is 0 Å². The van der Waals surface area contributed by atoms with Gasteiger partial charge < -0.3 is 5.32 Å². The number of rotatable bonds is 8. The Balaban J connectivity index is 2.79. The predicted molar refractivity (Wildman–Crippen MR) is 73.0 cm³/mol. The van der Waals surface area contributed by atoms with E-state index in [2.05, 4.69) is 44.4 Å². The summed E-state index contributed by atoms with van der Waals surface area (Å²) in [6, 6.07) is 0.454. The molecule has 0 bridgehead atoms. The van der Waals surface area contributed by atoms with Crippen molar-refractivity contribution in [1.29, 1.82) is 0 Å². The molecule has 0 aromatic carbocycles. The van der Waals surface area contributed by atoms with Gasteiger partial charge in [-0.15, -0.1) is 0 Å². The molecule has 0 fully saturated rings. The molecule has 0 aliphatic rings. The van der Waals surface area contributed by atoms with Crippen LogP contribution in [0.25, 0.3) is 0 Å². The molecule has 1 aromatic rings. The van der Waals surface area contributed by atoms with Crippen LogP contribution in [-0.4, -0.2) is 16.8 Å². The molecule has 0 saturated heterocycles. The van der Waals surface area contributed by atoms with E-state index in [0.29, 0.717) is 6.04 Å². The maximum absolute atomic E-state index is 4.38. The van der Waals surface area contributed by atoms with Crippen molar-refractivity contribution < 1.29 is 0 Å². The Morgan fingerprint density at radius 2 is 1.88 bits per heavy atom. The molecule has 17 heavy (non-hydrogen) atoms. The molecule has 0 radical (unpaired) electrons. The fraction of sp³-hybridized carbons (Fsp3) is 0.786. The Hall–Kier alpha value is -0.830. The van der Waals surface area contributed by atoms with E-state index < -0.39 is 0 Å². The number of hydrogen-bond donors (Lipinski definition) is 1. The zero-order valence-corrected chi connectivity index (χ0v) is 11.7. The van der Waals surface area contributed by atoms with Gasteiger partial charge in [-0.25, -0.2) is 0 Å². The number of nitrogens with zero attached hydrogens (tertiary/aromatic N) is 2. The molecule has 0 saturated carbocycles. The quantitative estimate of drug-likeness (QED) is 0.751. The lowest BCUT2D eigenvalue weighted by Gasteiger charge is -2.25. The molecule has 1 atom stereocenters. The summed E-state index contributed by atoms with van der Waals surface area (Å²) in [4.78, 5) is 0. The number of aromatic nitrogens is 2. The van der Waals surface area contributed by atoms with E-state index in [1.54, 1.807) is 0 Å². The molecule has 1 heterocycles. The second kappa shape index (κ2) is 7.49. The van der Waals surface area contributed by atoms with E-state index in [4.69, 9.17) is 0 Å². The predicted octanol–water partition coefficient (Wildman–Crippen LogP) is 3.38. The minimum atomic E-state index is 0.454. The molecule has 1 unspecified atom stereocenters. The van der Waals surface area contributed by atoms with Crippen molar-refractivity contribution in [1.82, 2.24) is 15.1 Å². The minimum absolute atomic E-state index is 0.454. The van der Waals surface area contributed by atoms with Gasteiger partial charge in [-0.2, -0.15) is 5.10 Å². The molecular formula is C14H27N3. The average molecular weight is 237 g/mol. The molecule has 1 aromatic heterocycles. The molecule has 0 aliphatic heterocycles. The lowest BCUT2D eigenvalue weighted by Crippen LogP contribution is -2.25. The van der Waals surface area contributed by atoms with Crippen LogP contribution >= 0.6 is 0 Å². The molecule has 0 spiro atoms. The zero-order chi connectivity index (χ0) is 12.7. The summed E-state index contributed by atoms with van der Waals surface area (Å²) in [5, 5.41) is 7.85. The first-order valence-electron chi connectivity index (χ1n) is 6.96.